The van der Waals surface area contributed by atoms with Crippen molar-refractivity contribution < 1.29 is 14.4 Å². The number of nitro benzene ring substituents is 1. The van der Waals surface area contributed by atoms with Gasteiger partial charge in [-0.2, -0.15) is 0 Å². The van der Waals surface area contributed by atoms with E-state index in [2.05, 4.69) is 5.32 Å². The van der Waals surface area contributed by atoms with Gasteiger partial charge in [-0.25, -0.2) is 4.39 Å². The minimum Gasteiger partial charge on any atom is -0.387 e. The van der Waals surface area contributed by atoms with Crippen molar-refractivity contribution in [3.63, 3.8) is 0 Å². The first-order valence-electron chi connectivity index (χ1n) is 7.56. The highest BCUT2D eigenvalue weighted by molar-refractivity contribution is 5.60. The number of aliphatic hydroxyl groups is 1. The zero-order chi connectivity index (χ0) is 17.5. The Morgan fingerprint density at radius 2 is 1.92 bits per heavy atom. The molecule has 0 spiro atoms. The monoisotopic (exact) mass is 330 g/mol. The molecule has 0 heterocycles. The second-order valence-corrected chi connectivity index (χ2v) is 5.41. The number of nitrogens with one attached hydrogen (secondary N) is 1. The molecule has 0 saturated heterocycles. The van der Waals surface area contributed by atoms with Crippen molar-refractivity contribution in [1.82, 2.24) is 5.32 Å². The van der Waals surface area contributed by atoms with Gasteiger partial charge in [0.25, 0.3) is 5.69 Å². The number of aliphatic hydroxyl groups excluding tert-OH is 1. The van der Waals surface area contributed by atoms with Crippen LogP contribution in [0.1, 0.15) is 24.2 Å². The standard InChI is InChI=1S/C18H19FN2O3/c1-13(18(22)15-8-10-16(19)11-9-15)20-12-4-6-14-5-2-3-7-17(14)21(23)24/h2-11,13,18,20,22H,12H2,1H3/b6-4+. The summed E-state index contributed by atoms with van der Waals surface area (Å²) in [5.41, 5.74) is 1.20. The smallest absolute Gasteiger partial charge is 0.276 e. The van der Waals surface area contributed by atoms with Crippen LogP contribution in [0.15, 0.2) is 54.6 Å². The number of hydrogen-bond acceptors (Lipinski definition) is 4. The molecule has 5 nitrogen and oxygen atoms in total. The van der Waals surface area contributed by atoms with Crippen LogP contribution in [0.5, 0.6) is 0 Å². The van der Waals surface area contributed by atoms with Crippen LogP contribution < -0.4 is 5.32 Å². The number of para-hydroxylation sites is 1. The predicted octanol–water partition coefficient (Wildman–Crippen LogP) is 3.46. The van der Waals surface area contributed by atoms with Gasteiger partial charge in [0.2, 0.25) is 0 Å². The highest BCUT2D eigenvalue weighted by Gasteiger charge is 2.15. The first-order valence-corrected chi connectivity index (χ1v) is 7.56. The Balaban J connectivity index is 1.91. The molecular formula is C18H19FN2O3. The van der Waals surface area contributed by atoms with E-state index in [1.54, 1.807) is 42.5 Å². The fourth-order valence-corrected chi connectivity index (χ4v) is 2.29. The number of rotatable bonds is 7. The third kappa shape index (κ3) is 4.71. The summed E-state index contributed by atoms with van der Waals surface area (Å²) in [6.07, 6.45) is 2.66. The first-order chi connectivity index (χ1) is 11.5. The number of nitro groups is 1. The first kappa shape index (κ1) is 17.8. The molecule has 0 aliphatic rings. The van der Waals surface area contributed by atoms with Gasteiger partial charge >= 0.3 is 0 Å². The van der Waals surface area contributed by atoms with E-state index in [1.807, 2.05) is 6.92 Å². The largest absolute Gasteiger partial charge is 0.387 e. The second kappa shape index (κ2) is 8.33. The van der Waals surface area contributed by atoms with Crippen molar-refractivity contribution in [2.24, 2.45) is 0 Å². The summed E-state index contributed by atoms with van der Waals surface area (Å²) in [4.78, 5) is 10.5. The van der Waals surface area contributed by atoms with Gasteiger partial charge in [-0.1, -0.05) is 36.4 Å². The Hall–Kier alpha value is -2.57. The molecule has 2 unspecified atom stereocenters. The number of halogens is 1. The van der Waals surface area contributed by atoms with Crippen LogP contribution >= 0.6 is 0 Å². The SMILES string of the molecule is CC(NC/C=C/c1ccccc1[N+](=O)[O-])C(O)c1ccc(F)cc1. The molecule has 6 heteroatoms. The van der Waals surface area contributed by atoms with Gasteiger partial charge in [0.15, 0.2) is 0 Å². The molecular weight excluding hydrogens is 311 g/mol. The van der Waals surface area contributed by atoms with Crippen molar-refractivity contribution >= 4 is 11.8 Å². The van der Waals surface area contributed by atoms with E-state index in [-0.39, 0.29) is 17.5 Å². The van der Waals surface area contributed by atoms with Crippen LogP contribution in [-0.2, 0) is 0 Å². The fraction of sp³-hybridized carbons (Fsp3) is 0.222. The van der Waals surface area contributed by atoms with Gasteiger partial charge in [0.05, 0.1) is 16.6 Å². The van der Waals surface area contributed by atoms with Gasteiger partial charge in [-0.05, 0) is 30.7 Å². The van der Waals surface area contributed by atoms with Gasteiger partial charge in [-0.15, -0.1) is 0 Å². The molecule has 0 fully saturated rings. The van der Waals surface area contributed by atoms with E-state index in [0.717, 1.165) is 0 Å². The molecule has 0 radical (unpaired) electrons. The van der Waals surface area contributed by atoms with E-state index < -0.39 is 11.0 Å². The van der Waals surface area contributed by atoms with Crippen LogP contribution in [0.3, 0.4) is 0 Å². The molecule has 24 heavy (non-hydrogen) atoms. The Labute approximate surface area is 139 Å². The van der Waals surface area contributed by atoms with Crippen LogP contribution in [-0.4, -0.2) is 22.6 Å². The Bertz CT molecular complexity index is 716. The van der Waals surface area contributed by atoms with Crippen molar-refractivity contribution in [2.75, 3.05) is 6.54 Å². The summed E-state index contributed by atoms with van der Waals surface area (Å²) < 4.78 is 12.9. The zero-order valence-electron chi connectivity index (χ0n) is 13.2. The quantitative estimate of drug-likeness (QED) is 0.602. The molecule has 2 atom stereocenters. The Morgan fingerprint density at radius 1 is 1.25 bits per heavy atom. The van der Waals surface area contributed by atoms with Crippen LogP contribution in [0, 0.1) is 15.9 Å². The predicted molar refractivity (Wildman–Crippen MR) is 91.0 cm³/mol. The topological polar surface area (TPSA) is 75.4 Å². The lowest BCUT2D eigenvalue weighted by Crippen LogP contribution is -2.32. The van der Waals surface area contributed by atoms with Crippen molar-refractivity contribution in [3.05, 3.63) is 81.7 Å². The van der Waals surface area contributed by atoms with Crippen LogP contribution in [0.4, 0.5) is 10.1 Å². The fourth-order valence-electron chi connectivity index (χ4n) is 2.29. The second-order valence-electron chi connectivity index (χ2n) is 5.41. The lowest BCUT2D eigenvalue weighted by Gasteiger charge is -2.20. The molecule has 0 aliphatic carbocycles. The highest BCUT2D eigenvalue weighted by Crippen LogP contribution is 2.19. The number of hydrogen-bond donors (Lipinski definition) is 2. The molecule has 2 N–H and O–H groups in total. The molecule has 0 aliphatic heterocycles. The third-order valence-corrected chi connectivity index (χ3v) is 3.67. The minimum atomic E-state index is -0.773. The minimum absolute atomic E-state index is 0.0492. The van der Waals surface area contributed by atoms with Gasteiger partial charge in [-0.3, -0.25) is 10.1 Å². The molecule has 2 aromatic carbocycles. The number of benzene rings is 2. The van der Waals surface area contributed by atoms with E-state index in [9.17, 15) is 19.6 Å². The molecule has 0 aromatic heterocycles. The summed E-state index contributed by atoms with van der Waals surface area (Å²) in [5, 5.41) is 24.3. The average Bonchev–Trinajstić information content (AvgIpc) is 2.58. The third-order valence-electron chi connectivity index (χ3n) is 3.67. The lowest BCUT2D eigenvalue weighted by atomic mass is 10.0. The molecule has 2 aromatic rings. The maximum absolute atomic E-state index is 12.9. The summed E-state index contributed by atoms with van der Waals surface area (Å²) >= 11 is 0. The van der Waals surface area contributed by atoms with E-state index >= 15 is 0 Å². The summed E-state index contributed by atoms with van der Waals surface area (Å²) in [7, 11) is 0. The van der Waals surface area contributed by atoms with Gasteiger partial charge in [0.1, 0.15) is 5.82 Å². The highest BCUT2D eigenvalue weighted by atomic mass is 19.1. The zero-order valence-corrected chi connectivity index (χ0v) is 13.2. The van der Waals surface area contributed by atoms with Crippen molar-refractivity contribution in [3.8, 4) is 0 Å². The lowest BCUT2D eigenvalue weighted by molar-refractivity contribution is -0.385. The van der Waals surface area contributed by atoms with Gasteiger partial charge in [0, 0.05) is 18.7 Å². The molecule has 126 valence electrons. The molecule has 0 bridgehead atoms. The summed E-state index contributed by atoms with van der Waals surface area (Å²) in [6.45, 7) is 2.25. The average molecular weight is 330 g/mol. The van der Waals surface area contributed by atoms with E-state index in [0.29, 0.717) is 17.7 Å². The maximum Gasteiger partial charge on any atom is 0.276 e. The van der Waals surface area contributed by atoms with Crippen LogP contribution in [0.25, 0.3) is 6.08 Å². The van der Waals surface area contributed by atoms with E-state index in [4.69, 9.17) is 0 Å². The van der Waals surface area contributed by atoms with Crippen molar-refractivity contribution in [2.45, 2.75) is 19.1 Å². The Morgan fingerprint density at radius 3 is 2.58 bits per heavy atom. The number of nitrogens with zero attached hydrogens (tertiary/aromatic N) is 1. The van der Waals surface area contributed by atoms with Gasteiger partial charge < -0.3 is 10.4 Å². The molecule has 2 rings (SSSR count). The molecule has 0 saturated carbocycles. The Kier molecular flexibility index (Phi) is 6.17. The normalized spacial score (nSPS) is 13.8. The summed E-state index contributed by atoms with van der Waals surface area (Å²) in [5.74, 6) is -0.348. The van der Waals surface area contributed by atoms with Crippen LogP contribution in [0.2, 0.25) is 0 Å². The molecule has 0 amide bonds. The van der Waals surface area contributed by atoms with Crippen molar-refractivity contribution in [1.29, 1.82) is 0 Å². The summed E-state index contributed by atoms with van der Waals surface area (Å²) in [6, 6.07) is 11.9. The maximum atomic E-state index is 12.9. The van der Waals surface area contributed by atoms with E-state index in [1.165, 1.54) is 18.2 Å².